The molecule has 1 heterocycles. The average molecular weight is 289 g/mol. The van der Waals surface area contributed by atoms with Crippen molar-refractivity contribution in [1.82, 2.24) is 4.98 Å². The Labute approximate surface area is 118 Å². The van der Waals surface area contributed by atoms with Crippen LogP contribution in [0, 0.1) is 0 Å². The van der Waals surface area contributed by atoms with Gasteiger partial charge in [-0.25, -0.2) is 4.98 Å². The second-order valence-corrected chi connectivity index (χ2v) is 5.51. The molecule has 3 nitrogen and oxygen atoms in total. The third-order valence-corrected chi connectivity index (χ3v) is 3.90. The highest BCUT2D eigenvalue weighted by Gasteiger charge is 2.23. The molecule has 0 aliphatic heterocycles. The fraction of sp³-hybridized carbons (Fsp3) is 0.615. The van der Waals surface area contributed by atoms with Crippen LogP contribution in [0.25, 0.3) is 0 Å². The summed E-state index contributed by atoms with van der Waals surface area (Å²) in [4.78, 5) is 6.45. The highest BCUT2D eigenvalue weighted by Crippen LogP contribution is 2.31. The van der Waals surface area contributed by atoms with Gasteiger partial charge in [-0.15, -0.1) is 0 Å². The predicted molar refractivity (Wildman–Crippen MR) is 75.6 cm³/mol. The third kappa shape index (κ3) is 3.28. The van der Waals surface area contributed by atoms with E-state index < -0.39 is 0 Å². The van der Waals surface area contributed by atoms with Crippen LogP contribution in [0.2, 0.25) is 10.0 Å². The molecule has 1 N–H and O–H groups in total. The molecular formula is C13H18Cl2N2O. The zero-order valence-electron chi connectivity index (χ0n) is 10.3. The summed E-state index contributed by atoms with van der Waals surface area (Å²) in [5, 5.41) is 10.3. The Balaban J connectivity index is 2.22. The fourth-order valence-electron chi connectivity index (χ4n) is 2.58. The number of halogens is 2. The Morgan fingerprint density at radius 2 is 2.00 bits per heavy atom. The minimum Gasteiger partial charge on any atom is -0.395 e. The summed E-state index contributed by atoms with van der Waals surface area (Å²) in [5.41, 5.74) is 0. The number of nitrogens with zero attached hydrogens (tertiary/aromatic N) is 2. The molecule has 0 saturated heterocycles. The van der Waals surface area contributed by atoms with E-state index in [4.69, 9.17) is 23.2 Å². The predicted octanol–water partition coefficient (Wildman–Crippen LogP) is 3.52. The van der Waals surface area contributed by atoms with Gasteiger partial charge in [-0.1, -0.05) is 42.5 Å². The van der Waals surface area contributed by atoms with Crippen LogP contribution in [0.4, 0.5) is 5.82 Å². The van der Waals surface area contributed by atoms with E-state index in [1.54, 1.807) is 12.3 Å². The number of anilines is 1. The molecule has 0 spiro atoms. The van der Waals surface area contributed by atoms with Gasteiger partial charge >= 0.3 is 0 Å². The van der Waals surface area contributed by atoms with Crippen LogP contribution in [0.3, 0.4) is 0 Å². The highest BCUT2D eigenvalue weighted by atomic mass is 35.5. The molecule has 2 rings (SSSR count). The van der Waals surface area contributed by atoms with Gasteiger partial charge in [0, 0.05) is 18.8 Å². The number of hydrogen-bond donors (Lipinski definition) is 1. The Bertz CT molecular complexity index is 395. The number of hydrogen-bond acceptors (Lipinski definition) is 3. The molecule has 1 aromatic rings. The maximum atomic E-state index is 9.24. The van der Waals surface area contributed by atoms with E-state index in [0.717, 1.165) is 18.7 Å². The van der Waals surface area contributed by atoms with Crippen molar-refractivity contribution in [2.75, 3.05) is 18.1 Å². The van der Waals surface area contributed by atoms with Crippen molar-refractivity contribution in [3.05, 3.63) is 22.3 Å². The molecular weight excluding hydrogens is 271 g/mol. The summed E-state index contributed by atoms with van der Waals surface area (Å²) >= 11 is 12.1. The minimum atomic E-state index is 0.108. The maximum Gasteiger partial charge on any atom is 0.147 e. The van der Waals surface area contributed by atoms with E-state index in [9.17, 15) is 5.11 Å². The van der Waals surface area contributed by atoms with Gasteiger partial charge < -0.3 is 10.0 Å². The largest absolute Gasteiger partial charge is 0.395 e. The minimum absolute atomic E-state index is 0.108. The molecule has 1 aliphatic carbocycles. The molecule has 100 valence electrons. The molecule has 0 atom stereocenters. The standard InChI is InChI=1S/C13H18Cl2N2O/c14-10-8-12(15)13(16-9-10)17(6-7-18)11-4-2-1-3-5-11/h8-9,11,18H,1-7H2. The number of aromatic nitrogens is 1. The van der Waals surface area contributed by atoms with Crippen LogP contribution in [0.5, 0.6) is 0 Å². The van der Waals surface area contributed by atoms with E-state index in [-0.39, 0.29) is 6.61 Å². The summed E-state index contributed by atoms with van der Waals surface area (Å²) < 4.78 is 0. The highest BCUT2D eigenvalue weighted by molar-refractivity contribution is 6.36. The second-order valence-electron chi connectivity index (χ2n) is 4.67. The lowest BCUT2D eigenvalue weighted by atomic mass is 9.94. The second kappa shape index (κ2) is 6.60. The van der Waals surface area contributed by atoms with Gasteiger partial charge in [-0.05, 0) is 18.9 Å². The molecule has 1 fully saturated rings. The summed E-state index contributed by atoms with van der Waals surface area (Å²) in [6.45, 7) is 0.677. The van der Waals surface area contributed by atoms with Crippen molar-refractivity contribution in [2.24, 2.45) is 0 Å². The summed E-state index contributed by atoms with van der Waals surface area (Å²) in [6.07, 6.45) is 7.65. The molecule has 18 heavy (non-hydrogen) atoms. The zero-order valence-corrected chi connectivity index (χ0v) is 11.8. The summed E-state index contributed by atoms with van der Waals surface area (Å²) in [6, 6.07) is 2.13. The first-order chi connectivity index (χ1) is 8.72. The molecule has 0 unspecified atom stereocenters. The lowest BCUT2D eigenvalue weighted by molar-refractivity contribution is 0.289. The molecule has 1 aromatic heterocycles. The lowest BCUT2D eigenvalue weighted by Crippen LogP contribution is -2.39. The van der Waals surface area contributed by atoms with E-state index in [1.807, 2.05) is 0 Å². The number of aliphatic hydroxyl groups excluding tert-OH is 1. The molecule has 0 bridgehead atoms. The Hall–Kier alpha value is -0.510. The van der Waals surface area contributed by atoms with Crippen molar-refractivity contribution in [1.29, 1.82) is 0 Å². The van der Waals surface area contributed by atoms with Gasteiger partial charge in [0.05, 0.1) is 16.7 Å². The molecule has 5 heteroatoms. The van der Waals surface area contributed by atoms with Gasteiger partial charge in [0.15, 0.2) is 0 Å². The SMILES string of the molecule is OCCN(c1ncc(Cl)cc1Cl)C1CCCCC1. The smallest absolute Gasteiger partial charge is 0.147 e. The van der Waals surface area contributed by atoms with Crippen LogP contribution in [0.1, 0.15) is 32.1 Å². The lowest BCUT2D eigenvalue weighted by Gasteiger charge is -2.35. The Kier molecular flexibility index (Phi) is 5.10. The third-order valence-electron chi connectivity index (χ3n) is 3.42. The molecule has 0 aromatic carbocycles. The molecule has 0 radical (unpaired) electrons. The van der Waals surface area contributed by atoms with Gasteiger partial charge in [0.25, 0.3) is 0 Å². The number of rotatable bonds is 4. The number of aliphatic hydroxyl groups is 1. The van der Waals surface area contributed by atoms with E-state index >= 15 is 0 Å². The zero-order chi connectivity index (χ0) is 13.0. The summed E-state index contributed by atoms with van der Waals surface area (Å²) in [7, 11) is 0. The van der Waals surface area contributed by atoms with Gasteiger partial charge in [0.2, 0.25) is 0 Å². The quantitative estimate of drug-likeness (QED) is 0.921. The van der Waals surface area contributed by atoms with Crippen LogP contribution in [-0.4, -0.2) is 29.3 Å². The van der Waals surface area contributed by atoms with Crippen molar-refractivity contribution in [3.8, 4) is 0 Å². The first-order valence-electron chi connectivity index (χ1n) is 6.41. The Morgan fingerprint density at radius 3 is 2.61 bits per heavy atom. The molecule has 1 saturated carbocycles. The van der Waals surface area contributed by atoms with E-state index in [0.29, 0.717) is 22.6 Å². The van der Waals surface area contributed by atoms with Crippen LogP contribution in [0.15, 0.2) is 12.3 Å². The van der Waals surface area contributed by atoms with Crippen LogP contribution in [-0.2, 0) is 0 Å². The average Bonchev–Trinajstić information content (AvgIpc) is 2.38. The van der Waals surface area contributed by atoms with Crippen molar-refractivity contribution in [2.45, 2.75) is 38.1 Å². The molecule has 1 aliphatic rings. The topological polar surface area (TPSA) is 36.4 Å². The number of pyridine rings is 1. The fourth-order valence-corrected chi connectivity index (χ4v) is 3.07. The first-order valence-corrected chi connectivity index (χ1v) is 7.16. The van der Waals surface area contributed by atoms with Crippen molar-refractivity contribution >= 4 is 29.0 Å². The van der Waals surface area contributed by atoms with Gasteiger partial charge in [0.1, 0.15) is 5.82 Å². The maximum absolute atomic E-state index is 9.24. The van der Waals surface area contributed by atoms with Crippen molar-refractivity contribution in [3.63, 3.8) is 0 Å². The first kappa shape index (κ1) is 13.9. The van der Waals surface area contributed by atoms with Gasteiger partial charge in [-0.2, -0.15) is 0 Å². The van der Waals surface area contributed by atoms with Crippen LogP contribution < -0.4 is 4.90 Å². The van der Waals surface area contributed by atoms with Gasteiger partial charge in [-0.3, -0.25) is 0 Å². The normalized spacial score (nSPS) is 16.8. The Morgan fingerprint density at radius 1 is 1.28 bits per heavy atom. The van der Waals surface area contributed by atoms with E-state index in [2.05, 4.69) is 9.88 Å². The van der Waals surface area contributed by atoms with Crippen LogP contribution >= 0.6 is 23.2 Å². The summed E-state index contributed by atoms with van der Waals surface area (Å²) in [5.74, 6) is 0.738. The monoisotopic (exact) mass is 288 g/mol. The molecule has 0 amide bonds. The van der Waals surface area contributed by atoms with E-state index in [1.165, 1.54) is 19.3 Å². The van der Waals surface area contributed by atoms with Crippen molar-refractivity contribution < 1.29 is 5.11 Å².